The van der Waals surface area contributed by atoms with Crippen LogP contribution in [0.15, 0.2) is 57.8 Å². The molecule has 3 aromatic rings. The van der Waals surface area contributed by atoms with E-state index < -0.39 is 15.9 Å². The molecule has 0 fully saturated rings. The minimum absolute atomic E-state index is 0.0116. The van der Waals surface area contributed by atoms with Crippen LogP contribution in [0.3, 0.4) is 0 Å². The number of nitrogens with one attached hydrogen (secondary N) is 2. The highest BCUT2D eigenvalue weighted by Crippen LogP contribution is 2.27. The molecule has 1 amide bonds. The van der Waals surface area contributed by atoms with Crippen LogP contribution in [-0.2, 0) is 10.0 Å². The molecule has 28 heavy (non-hydrogen) atoms. The van der Waals surface area contributed by atoms with Crippen molar-refractivity contribution in [2.45, 2.75) is 16.2 Å². The van der Waals surface area contributed by atoms with Gasteiger partial charge in [0.15, 0.2) is 4.34 Å². The first-order valence-corrected chi connectivity index (χ1v) is 11.7. The van der Waals surface area contributed by atoms with E-state index in [0.29, 0.717) is 10.8 Å². The van der Waals surface area contributed by atoms with Crippen LogP contribution >= 0.6 is 34.7 Å². The van der Waals surface area contributed by atoms with Gasteiger partial charge in [0, 0.05) is 11.3 Å². The van der Waals surface area contributed by atoms with Gasteiger partial charge in [0.05, 0.1) is 5.02 Å². The minimum atomic E-state index is -3.97. The number of sulfonamides is 1. The first-order chi connectivity index (χ1) is 13.4. The van der Waals surface area contributed by atoms with Gasteiger partial charge in [-0.25, -0.2) is 8.42 Å². The Morgan fingerprint density at radius 2 is 1.93 bits per heavy atom. The van der Waals surface area contributed by atoms with Crippen LogP contribution in [0.2, 0.25) is 5.02 Å². The largest absolute Gasteiger partial charge is 0.296 e. The third-order valence-corrected chi connectivity index (χ3v) is 7.12. The van der Waals surface area contributed by atoms with Crippen molar-refractivity contribution < 1.29 is 13.2 Å². The Morgan fingerprint density at radius 1 is 1.18 bits per heavy atom. The smallest absolute Gasteiger partial charge is 0.263 e. The van der Waals surface area contributed by atoms with E-state index in [4.69, 9.17) is 11.6 Å². The number of carbonyl (C=O) groups excluding carboxylic acids is 1. The fraction of sp³-hybridized carbons (Fsp3) is 0.118. The molecule has 1 heterocycles. The highest BCUT2D eigenvalue weighted by Gasteiger charge is 2.21. The molecular formula is C17H15ClN4O3S3. The summed E-state index contributed by atoms with van der Waals surface area (Å²) < 4.78 is 28.5. The number of hydrogen-bond acceptors (Lipinski definition) is 7. The molecule has 3 rings (SSSR count). The van der Waals surface area contributed by atoms with Gasteiger partial charge < -0.3 is 0 Å². The number of amides is 1. The highest BCUT2D eigenvalue weighted by atomic mass is 35.5. The predicted octanol–water partition coefficient (Wildman–Crippen LogP) is 4.36. The summed E-state index contributed by atoms with van der Waals surface area (Å²) in [6.45, 7) is 1.99. The van der Waals surface area contributed by atoms with Crippen molar-refractivity contribution in [1.82, 2.24) is 10.2 Å². The molecule has 7 nitrogen and oxygen atoms in total. The van der Waals surface area contributed by atoms with Crippen LogP contribution in [0.1, 0.15) is 17.3 Å². The molecule has 0 saturated heterocycles. The first kappa shape index (κ1) is 20.6. The van der Waals surface area contributed by atoms with E-state index in [-0.39, 0.29) is 15.5 Å². The first-order valence-electron chi connectivity index (χ1n) is 8.04. The number of nitrogens with zero attached hydrogens (tertiary/aromatic N) is 2. The monoisotopic (exact) mass is 454 g/mol. The van der Waals surface area contributed by atoms with Crippen LogP contribution in [0.4, 0.5) is 10.8 Å². The third kappa shape index (κ3) is 5.02. The van der Waals surface area contributed by atoms with Gasteiger partial charge in [0.25, 0.3) is 15.9 Å². The number of carbonyl (C=O) groups is 1. The average Bonchev–Trinajstić information content (AvgIpc) is 3.09. The van der Waals surface area contributed by atoms with Gasteiger partial charge in [-0.15, -0.1) is 10.2 Å². The number of benzene rings is 2. The van der Waals surface area contributed by atoms with Crippen LogP contribution in [0.5, 0.6) is 0 Å². The van der Waals surface area contributed by atoms with Gasteiger partial charge in [0.1, 0.15) is 4.90 Å². The molecule has 0 aliphatic rings. The lowest BCUT2D eigenvalue weighted by Gasteiger charge is -2.11. The SMILES string of the molecule is CCSc1nnc(NC(=O)c2ccc(Cl)c(S(=O)(=O)Nc3ccccc3)c2)s1. The molecule has 0 aliphatic heterocycles. The summed E-state index contributed by atoms with van der Waals surface area (Å²) in [5.41, 5.74) is 0.529. The molecule has 0 unspecified atom stereocenters. The standard InChI is InChI=1S/C17H15ClN4O3S3/c1-2-26-17-21-20-16(27-17)19-15(23)11-8-9-13(18)14(10-11)28(24,25)22-12-6-4-3-5-7-12/h3-10,22H,2H2,1H3,(H,19,20,23). The van der Waals surface area contributed by atoms with Gasteiger partial charge >= 0.3 is 0 Å². The van der Waals surface area contributed by atoms with E-state index in [1.54, 1.807) is 30.3 Å². The molecule has 146 valence electrons. The summed E-state index contributed by atoms with van der Waals surface area (Å²) in [6, 6.07) is 12.5. The summed E-state index contributed by atoms with van der Waals surface area (Å²) in [7, 11) is -3.97. The topological polar surface area (TPSA) is 101 Å². The zero-order chi connectivity index (χ0) is 20.1. The van der Waals surface area contributed by atoms with E-state index in [2.05, 4.69) is 20.2 Å². The van der Waals surface area contributed by atoms with E-state index in [1.165, 1.54) is 41.3 Å². The Hall–Kier alpha value is -2.14. The second-order valence-corrected chi connectivity index (χ2v) is 9.92. The lowest BCUT2D eigenvalue weighted by Crippen LogP contribution is -2.16. The van der Waals surface area contributed by atoms with Crippen molar-refractivity contribution in [2.24, 2.45) is 0 Å². The number of hydrogen-bond donors (Lipinski definition) is 2. The van der Waals surface area contributed by atoms with Gasteiger partial charge in [-0.2, -0.15) is 0 Å². The zero-order valence-corrected chi connectivity index (χ0v) is 17.8. The molecule has 0 saturated carbocycles. The zero-order valence-electron chi connectivity index (χ0n) is 14.5. The summed E-state index contributed by atoms with van der Waals surface area (Å²) in [6.07, 6.45) is 0. The second-order valence-electron chi connectivity index (χ2n) is 5.38. The summed E-state index contributed by atoms with van der Waals surface area (Å²) in [4.78, 5) is 12.3. The van der Waals surface area contributed by atoms with Gasteiger partial charge in [0.2, 0.25) is 5.13 Å². The van der Waals surface area contributed by atoms with Crippen LogP contribution in [-0.4, -0.2) is 30.3 Å². The number of rotatable bonds is 7. The molecular weight excluding hydrogens is 440 g/mol. The average molecular weight is 455 g/mol. The number of para-hydroxylation sites is 1. The molecule has 0 aliphatic carbocycles. The van der Waals surface area contributed by atoms with E-state index in [9.17, 15) is 13.2 Å². The molecule has 0 bridgehead atoms. The predicted molar refractivity (Wildman–Crippen MR) is 113 cm³/mol. The van der Waals surface area contributed by atoms with Crippen molar-refractivity contribution in [2.75, 3.05) is 15.8 Å². The van der Waals surface area contributed by atoms with Gasteiger partial charge in [-0.1, -0.05) is 59.8 Å². The van der Waals surface area contributed by atoms with E-state index in [1.807, 2.05) is 6.92 Å². The lowest BCUT2D eigenvalue weighted by atomic mass is 10.2. The highest BCUT2D eigenvalue weighted by molar-refractivity contribution is 8.01. The van der Waals surface area contributed by atoms with Gasteiger partial charge in [-0.05, 0) is 36.1 Å². The van der Waals surface area contributed by atoms with E-state index in [0.717, 1.165) is 10.1 Å². The molecule has 11 heteroatoms. The van der Waals surface area contributed by atoms with Crippen molar-refractivity contribution >= 4 is 61.4 Å². The number of aromatic nitrogens is 2. The Morgan fingerprint density at radius 3 is 2.64 bits per heavy atom. The van der Waals surface area contributed by atoms with Crippen LogP contribution < -0.4 is 10.0 Å². The molecule has 0 spiro atoms. The normalized spacial score (nSPS) is 11.2. The van der Waals surface area contributed by atoms with Crippen LogP contribution in [0.25, 0.3) is 0 Å². The third-order valence-electron chi connectivity index (χ3n) is 3.40. The molecule has 0 atom stereocenters. The maximum Gasteiger partial charge on any atom is 0.263 e. The molecule has 2 N–H and O–H groups in total. The second kappa shape index (κ2) is 8.91. The summed E-state index contributed by atoms with van der Waals surface area (Å²) >= 11 is 8.84. The van der Waals surface area contributed by atoms with Crippen molar-refractivity contribution in [1.29, 1.82) is 0 Å². The fourth-order valence-corrected chi connectivity index (χ4v) is 5.41. The van der Waals surface area contributed by atoms with E-state index >= 15 is 0 Å². The minimum Gasteiger partial charge on any atom is -0.296 e. The Bertz CT molecular complexity index is 1090. The van der Waals surface area contributed by atoms with Crippen molar-refractivity contribution in [3.63, 3.8) is 0 Å². The number of anilines is 2. The van der Waals surface area contributed by atoms with Crippen molar-refractivity contribution in [3.8, 4) is 0 Å². The maximum atomic E-state index is 12.7. The quantitative estimate of drug-likeness (QED) is 0.406. The summed E-state index contributed by atoms with van der Waals surface area (Å²) in [5.74, 6) is 0.340. The maximum absolute atomic E-state index is 12.7. The fourth-order valence-electron chi connectivity index (χ4n) is 2.18. The Labute approximate surface area is 175 Å². The molecule has 1 aromatic heterocycles. The molecule has 0 radical (unpaired) electrons. The lowest BCUT2D eigenvalue weighted by molar-refractivity contribution is 0.102. The summed E-state index contributed by atoms with van der Waals surface area (Å²) in [5, 5.41) is 10.8. The van der Waals surface area contributed by atoms with Gasteiger partial charge in [-0.3, -0.25) is 14.8 Å². The number of thioether (sulfide) groups is 1. The molecule has 2 aromatic carbocycles. The number of halogens is 1. The van der Waals surface area contributed by atoms with Crippen LogP contribution in [0, 0.1) is 0 Å². The Kier molecular flexibility index (Phi) is 6.55. The Balaban J connectivity index is 1.82. The van der Waals surface area contributed by atoms with Crippen molar-refractivity contribution in [3.05, 3.63) is 59.1 Å².